The zero-order chi connectivity index (χ0) is 13.8. The van der Waals surface area contributed by atoms with Crippen LogP contribution in [0.3, 0.4) is 0 Å². The summed E-state index contributed by atoms with van der Waals surface area (Å²) in [4.78, 5) is 2.52. The maximum Gasteiger partial charge on any atom is 0.123 e. The summed E-state index contributed by atoms with van der Waals surface area (Å²) < 4.78 is 5.70. The Labute approximate surface area is 116 Å². The standard InChI is InChI=1S/C16H26N2O/c1-4-19-16-6-5-15(17)8-14(16)11-18-9-12(2)7-13(3)10-18/h5-6,8,12-13H,4,7,9-11,17H2,1-3H3. The largest absolute Gasteiger partial charge is 0.494 e. The Morgan fingerprint density at radius 3 is 2.58 bits per heavy atom. The van der Waals surface area contributed by atoms with Gasteiger partial charge in [0.25, 0.3) is 0 Å². The lowest BCUT2D eigenvalue weighted by Crippen LogP contribution is -2.38. The van der Waals surface area contributed by atoms with Gasteiger partial charge >= 0.3 is 0 Å². The normalized spacial score (nSPS) is 24.4. The van der Waals surface area contributed by atoms with Crippen molar-refractivity contribution in [3.8, 4) is 5.75 Å². The molecule has 0 amide bonds. The number of nitrogens with two attached hydrogens (primary N) is 1. The van der Waals surface area contributed by atoms with Crippen molar-refractivity contribution < 1.29 is 4.74 Å². The van der Waals surface area contributed by atoms with Crippen LogP contribution in [0.1, 0.15) is 32.8 Å². The van der Waals surface area contributed by atoms with E-state index in [1.54, 1.807) is 0 Å². The van der Waals surface area contributed by atoms with Crippen molar-refractivity contribution in [1.82, 2.24) is 4.90 Å². The molecule has 1 heterocycles. The van der Waals surface area contributed by atoms with Gasteiger partial charge in [-0.25, -0.2) is 0 Å². The minimum Gasteiger partial charge on any atom is -0.494 e. The second-order valence-electron chi connectivity index (χ2n) is 5.94. The lowest BCUT2D eigenvalue weighted by molar-refractivity contribution is 0.133. The summed E-state index contributed by atoms with van der Waals surface area (Å²) in [5, 5.41) is 0. The van der Waals surface area contributed by atoms with Crippen molar-refractivity contribution in [2.45, 2.75) is 33.7 Å². The molecule has 106 valence electrons. The molecule has 2 N–H and O–H groups in total. The molecule has 3 heteroatoms. The zero-order valence-electron chi connectivity index (χ0n) is 12.4. The van der Waals surface area contributed by atoms with Gasteiger partial charge in [-0.3, -0.25) is 4.90 Å². The topological polar surface area (TPSA) is 38.5 Å². The molecule has 19 heavy (non-hydrogen) atoms. The Morgan fingerprint density at radius 2 is 1.95 bits per heavy atom. The number of hydrogen-bond donors (Lipinski definition) is 1. The van der Waals surface area contributed by atoms with Crippen LogP contribution in [0, 0.1) is 11.8 Å². The van der Waals surface area contributed by atoms with Gasteiger partial charge in [0.2, 0.25) is 0 Å². The highest BCUT2D eigenvalue weighted by atomic mass is 16.5. The van der Waals surface area contributed by atoms with E-state index in [1.165, 1.54) is 25.1 Å². The number of ether oxygens (including phenoxy) is 1. The summed E-state index contributed by atoms with van der Waals surface area (Å²) in [6, 6.07) is 5.95. The quantitative estimate of drug-likeness (QED) is 0.847. The zero-order valence-corrected chi connectivity index (χ0v) is 12.4. The second kappa shape index (κ2) is 6.29. The molecule has 1 aromatic carbocycles. The fourth-order valence-corrected chi connectivity index (χ4v) is 3.18. The first-order chi connectivity index (χ1) is 9.08. The smallest absolute Gasteiger partial charge is 0.123 e. The highest BCUT2D eigenvalue weighted by molar-refractivity contribution is 5.47. The highest BCUT2D eigenvalue weighted by Gasteiger charge is 2.22. The number of benzene rings is 1. The molecule has 0 saturated carbocycles. The fourth-order valence-electron chi connectivity index (χ4n) is 3.18. The van der Waals surface area contributed by atoms with Gasteiger partial charge in [0.1, 0.15) is 5.75 Å². The SMILES string of the molecule is CCOc1ccc(N)cc1CN1CC(C)CC(C)C1. The van der Waals surface area contributed by atoms with Gasteiger partial charge in [-0.2, -0.15) is 0 Å². The van der Waals surface area contributed by atoms with E-state index in [1.807, 2.05) is 19.1 Å². The summed E-state index contributed by atoms with van der Waals surface area (Å²) in [5.41, 5.74) is 7.94. The third-order valence-electron chi connectivity index (χ3n) is 3.72. The summed E-state index contributed by atoms with van der Waals surface area (Å²) in [6.07, 6.45) is 1.34. The summed E-state index contributed by atoms with van der Waals surface area (Å²) in [5.74, 6) is 2.53. The summed E-state index contributed by atoms with van der Waals surface area (Å²) >= 11 is 0. The molecule has 3 nitrogen and oxygen atoms in total. The molecule has 0 radical (unpaired) electrons. The van der Waals surface area contributed by atoms with Crippen LogP contribution in [-0.4, -0.2) is 24.6 Å². The van der Waals surface area contributed by atoms with Crippen LogP contribution in [0.4, 0.5) is 5.69 Å². The first kappa shape index (κ1) is 14.2. The Hall–Kier alpha value is -1.22. The molecule has 1 aliphatic rings. The van der Waals surface area contributed by atoms with Gasteiger partial charge in [-0.05, 0) is 43.4 Å². The molecule has 0 aromatic heterocycles. The van der Waals surface area contributed by atoms with Crippen LogP contribution in [0.2, 0.25) is 0 Å². The van der Waals surface area contributed by atoms with E-state index in [4.69, 9.17) is 10.5 Å². The van der Waals surface area contributed by atoms with Gasteiger partial charge in [0.15, 0.2) is 0 Å². The van der Waals surface area contributed by atoms with Crippen molar-refractivity contribution in [2.75, 3.05) is 25.4 Å². The molecule has 2 rings (SSSR count). The number of hydrogen-bond acceptors (Lipinski definition) is 3. The lowest BCUT2D eigenvalue weighted by Gasteiger charge is -2.35. The maximum absolute atomic E-state index is 5.91. The van der Waals surface area contributed by atoms with E-state index in [0.29, 0.717) is 6.61 Å². The molecule has 1 aliphatic heterocycles. The third kappa shape index (κ3) is 3.87. The minimum atomic E-state index is 0.698. The van der Waals surface area contributed by atoms with Crippen LogP contribution in [0.15, 0.2) is 18.2 Å². The van der Waals surface area contributed by atoms with Crippen LogP contribution in [-0.2, 0) is 6.54 Å². The predicted molar refractivity (Wildman–Crippen MR) is 80.2 cm³/mol. The lowest BCUT2D eigenvalue weighted by atomic mass is 9.91. The van der Waals surface area contributed by atoms with E-state index < -0.39 is 0 Å². The van der Waals surface area contributed by atoms with E-state index in [9.17, 15) is 0 Å². The number of piperidine rings is 1. The van der Waals surface area contributed by atoms with E-state index in [-0.39, 0.29) is 0 Å². The molecule has 1 saturated heterocycles. The summed E-state index contributed by atoms with van der Waals surface area (Å²) in [7, 11) is 0. The molecule has 1 fully saturated rings. The molecule has 2 atom stereocenters. The van der Waals surface area contributed by atoms with Crippen LogP contribution >= 0.6 is 0 Å². The predicted octanol–water partition coefficient (Wildman–Crippen LogP) is 3.15. The Kier molecular flexibility index (Phi) is 4.70. The van der Waals surface area contributed by atoms with Crippen LogP contribution < -0.4 is 10.5 Å². The first-order valence-corrected chi connectivity index (χ1v) is 7.32. The Balaban J connectivity index is 2.10. The number of nitrogens with zero attached hydrogens (tertiary/aromatic N) is 1. The number of likely N-dealkylation sites (tertiary alicyclic amines) is 1. The van der Waals surface area contributed by atoms with Gasteiger partial charge in [-0.1, -0.05) is 13.8 Å². The molecule has 2 unspecified atom stereocenters. The monoisotopic (exact) mass is 262 g/mol. The molecule has 0 spiro atoms. The maximum atomic E-state index is 5.91. The van der Waals surface area contributed by atoms with Crippen molar-refractivity contribution >= 4 is 5.69 Å². The van der Waals surface area contributed by atoms with Crippen molar-refractivity contribution in [1.29, 1.82) is 0 Å². The van der Waals surface area contributed by atoms with Gasteiger partial charge in [0.05, 0.1) is 6.61 Å². The third-order valence-corrected chi connectivity index (χ3v) is 3.72. The van der Waals surface area contributed by atoms with Gasteiger partial charge in [-0.15, -0.1) is 0 Å². The molecule has 1 aromatic rings. The summed E-state index contributed by atoms with van der Waals surface area (Å²) in [6.45, 7) is 10.7. The van der Waals surface area contributed by atoms with Crippen LogP contribution in [0.25, 0.3) is 0 Å². The number of anilines is 1. The minimum absolute atomic E-state index is 0.698. The van der Waals surface area contributed by atoms with Crippen LogP contribution in [0.5, 0.6) is 5.75 Å². The molecular formula is C16H26N2O. The average Bonchev–Trinajstić information content (AvgIpc) is 2.31. The van der Waals surface area contributed by atoms with Crippen molar-refractivity contribution in [3.05, 3.63) is 23.8 Å². The van der Waals surface area contributed by atoms with E-state index in [0.717, 1.165) is 29.8 Å². The fraction of sp³-hybridized carbons (Fsp3) is 0.625. The van der Waals surface area contributed by atoms with Gasteiger partial charge in [0, 0.05) is 30.9 Å². The highest BCUT2D eigenvalue weighted by Crippen LogP contribution is 2.27. The molecular weight excluding hydrogens is 236 g/mol. The van der Waals surface area contributed by atoms with Gasteiger partial charge < -0.3 is 10.5 Å². The van der Waals surface area contributed by atoms with Crippen molar-refractivity contribution in [3.63, 3.8) is 0 Å². The molecule has 0 aliphatic carbocycles. The molecule has 0 bridgehead atoms. The first-order valence-electron chi connectivity index (χ1n) is 7.32. The Morgan fingerprint density at radius 1 is 1.26 bits per heavy atom. The second-order valence-corrected chi connectivity index (χ2v) is 5.94. The van der Waals surface area contributed by atoms with Crippen molar-refractivity contribution in [2.24, 2.45) is 11.8 Å². The Bertz CT molecular complexity index is 409. The number of nitrogen functional groups attached to an aromatic ring is 1. The van der Waals surface area contributed by atoms with E-state index in [2.05, 4.69) is 24.8 Å². The average molecular weight is 262 g/mol. The number of rotatable bonds is 4. The van der Waals surface area contributed by atoms with E-state index >= 15 is 0 Å².